The molecule has 0 heterocycles. The number of amides is 1. The molecular weight excluding hydrogens is 244 g/mol. The van der Waals surface area contributed by atoms with Crippen LogP contribution in [0.5, 0.6) is 11.5 Å². The van der Waals surface area contributed by atoms with Crippen LogP contribution in [0, 0.1) is 0 Å². The van der Waals surface area contributed by atoms with Crippen molar-refractivity contribution in [2.24, 2.45) is 10.8 Å². The highest BCUT2D eigenvalue weighted by Gasteiger charge is 2.04. The smallest absolute Gasteiger partial charge is 0.248 e. The van der Waals surface area contributed by atoms with Crippen LogP contribution in [-0.2, 0) is 0 Å². The average molecular weight is 254 g/mol. The van der Waals surface area contributed by atoms with Crippen LogP contribution in [0.1, 0.15) is 10.4 Å². The van der Waals surface area contributed by atoms with E-state index in [2.05, 4.69) is 10.0 Å². The number of carbonyl (C=O) groups excluding carboxylic acids is 1. The highest BCUT2D eigenvalue weighted by atomic mass is 16.5. The SMILES string of the molecule is [N-]=[N+]=Nc1ccccc1Oc1ccc(C(N)=O)cc1. The Hall–Kier alpha value is -2.98. The maximum atomic E-state index is 10.9. The molecule has 2 aromatic carbocycles. The lowest BCUT2D eigenvalue weighted by Gasteiger charge is -2.08. The molecule has 0 spiro atoms. The Morgan fingerprint density at radius 3 is 2.47 bits per heavy atom. The lowest BCUT2D eigenvalue weighted by atomic mass is 10.2. The molecular formula is C13H10N4O2. The highest BCUT2D eigenvalue weighted by molar-refractivity contribution is 5.92. The van der Waals surface area contributed by atoms with Gasteiger partial charge in [-0.15, -0.1) is 0 Å². The zero-order chi connectivity index (χ0) is 13.7. The summed E-state index contributed by atoms with van der Waals surface area (Å²) in [6.45, 7) is 0. The summed E-state index contributed by atoms with van der Waals surface area (Å²) in [6.07, 6.45) is 0. The van der Waals surface area contributed by atoms with Crippen molar-refractivity contribution in [2.75, 3.05) is 0 Å². The van der Waals surface area contributed by atoms with Crippen LogP contribution < -0.4 is 10.5 Å². The summed E-state index contributed by atoms with van der Waals surface area (Å²) < 4.78 is 5.58. The molecule has 0 saturated carbocycles. The summed E-state index contributed by atoms with van der Waals surface area (Å²) in [5, 5.41) is 3.53. The van der Waals surface area contributed by atoms with E-state index in [1.807, 2.05) is 0 Å². The van der Waals surface area contributed by atoms with E-state index in [1.54, 1.807) is 48.5 Å². The predicted octanol–water partition coefficient (Wildman–Crippen LogP) is 3.52. The van der Waals surface area contributed by atoms with Gasteiger partial charge in [-0.25, -0.2) is 0 Å². The number of hydrogen-bond acceptors (Lipinski definition) is 3. The van der Waals surface area contributed by atoms with Gasteiger partial charge in [0.25, 0.3) is 0 Å². The molecule has 0 atom stereocenters. The van der Waals surface area contributed by atoms with Gasteiger partial charge in [0.15, 0.2) is 0 Å². The van der Waals surface area contributed by atoms with Crippen molar-refractivity contribution in [2.45, 2.75) is 0 Å². The maximum absolute atomic E-state index is 10.9. The van der Waals surface area contributed by atoms with Crippen molar-refractivity contribution in [3.8, 4) is 11.5 Å². The normalized spacial score (nSPS) is 9.47. The summed E-state index contributed by atoms with van der Waals surface area (Å²) in [5.74, 6) is 0.457. The Bertz CT molecular complexity index is 646. The fourth-order valence-corrected chi connectivity index (χ4v) is 1.49. The molecule has 0 unspecified atom stereocenters. The van der Waals surface area contributed by atoms with E-state index in [9.17, 15) is 4.79 Å². The van der Waals surface area contributed by atoms with E-state index in [0.717, 1.165) is 0 Å². The first-order valence-corrected chi connectivity index (χ1v) is 5.42. The van der Waals surface area contributed by atoms with Crippen molar-refractivity contribution in [1.82, 2.24) is 0 Å². The summed E-state index contributed by atoms with van der Waals surface area (Å²) in [7, 11) is 0. The average Bonchev–Trinajstić information content (AvgIpc) is 2.42. The second kappa shape index (κ2) is 5.57. The number of hydrogen-bond donors (Lipinski definition) is 1. The fourth-order valence-electron chi connectivity index (χ4n) is 1.49. The zero-order valence-electron chi connectivity index (χ0n) is 9.85. The Morgan fingerprint density at radius 1 is 1.16 bits per heavy atom. The van der Waals surface area contributed by atoms with Gasteiger partial charge in [0.2, 0.25) is 5.91 Å². The molecule has 0 aliphatic rings. The molecule has 6 nitrogen and oxygen atoms in total. The third-order valence-corrected chi connectivity index (χ3v) is 2.38. The molecule has 2 rings (SSSR count). The number of carbonyl (C=O) groups is 1. The molecule has 0 radical (unpaired) electrons. The number of para-hydroxylation sites is 1. The molecule has 2 N–H and O–H groups in total. The van der Waals surface area contributed by atoms with Crippen molar-refractivity contribution >= 4 is 11.6 Å². The van der Waals surface area contributed by atoms with Gasteiger partial charge in [0.05, 0.1) is 5.69 Å². The monoisotopic (exact) mass is 254 g/mol. The number of ether oxygens (including phenoxy) is 1. The Balaban J connectivity index is 2.26. The lowest BCUT2D eigenvalue weighted by molar-refractivity contribution is 0.100. The van der Waals surface area contributed by atoms with Crippen molar-refractivity contribution in [1.29, 1.82) is 0 Å². The summed E-state index contributed by atoms with van der Waals surface area (Å²) in [6, 6.07) is 13.2. The molecule has 0 aliphatic heterocycles. The van der Waals surface area contributed by atoms with Gasteiger partial charge >= 0.3 is 0 Å². The summed E-state index contributed by atoms with van der Waals surface area (Å²) in [5.41, 5.74) is 14.4. The molecule has 1 amide bonds. The largest absolute Gasteiger partial charge is 0.457 e. The first kappa shape index (κ1) is 12.5. The standard InChI is InChI=1S/C13H10N4O2/c14-13(18)9-5-7-10(8-6-9)19-12-4-2-1-3-11(12)16-17-15/h1-8H,(H2,14,18). The molecule has 0 fully saturated rings. The van der Waals surface area contributed by atoms with Gasteiger partial charge in [-0.05, 0) is 41.9 Å². The topological polar surface area (TPSA) is 101 Å². The second-order valence-corrected chi connectivity index (χ2v) is 3.65. The van der Waals surface area contributed by atoms with Crippen molar-refractivity contribution < 1.29 is 9.53 Å². The van der Waals surface area contributed by atoms with Crippen molar-refractivity contribution in [3.05, 3.63) is 64.5 Å². The predicted molar refractivity (Wildman–Crippen MR) is 70.3 cm³/mol. The quantitative estimate of drug-likeness (QED) is 0.512. The minimum absolute atomic E-state index is 0.393. The second-order valence-electron chi connectivity index (χ2n) is 3.65. The molecule has 0 aromatic heterocycles. The van der Waals surface area contributed by atoms with Gasteiger partial charge in [-0.2, -0.15) is 0 Å². The van der Waals surface area contributed by atoms with Crippen LogP contribution in [0.3, 0.4) is 0 Å². The molecule has 2 aromatic rings. The van der Waals surface area contributed by atoms with Gasteiger partial charge < -0.3 is 10.5 Å². The van der Waals surface area contributed by atoms with Gasteiger partial charge in [-0.1, -0.05) is 17.2 Å². The van der Waals surface area contributed by atoms with Gasteiger partial charge in [0, 0.05) is 10.5 Å². The first-order valence-electron chi connectivity index (χ1n) is 5.42. The van der Waals surface area contributed by atoms with E-state index < -0.39 is 5.91 Å². The van der Waals surface area contributed by atoms with Gasteiger partial charge in [-0.3, -0.25) is 4.79 Å². The van der Waals surface area contributed by atoms with Crippen LogP contribution in [-0.4, -0.2) is 5.91 Å². The Labute approximate surface area is 109 Å². The van der Waals surface area contributed by atoms with Crippen LogP contribution in [0.2, 0.25) is 0 Å². The minimum Gasteiger partial charge on any atom is -0.457 e. The molecule has 6 heteroatoms. The number of azide groups is 1. The third kappa shape index (κ3) is 3.02. The van der Waals surface area contributed by atoms with Crippen LogP contribution in [0.15, 0.2) is 53.6 Å². The van der Waals surface area contributed by atoms with Crippen molar-refractivity contribution in [3.63, 3.8) is 0 Å². The number of nitrogens with zero attached hydrogens (tertiary/aromatic N) is 3. The zero-order valence-corrected chi connectivity index (χ0v) is 9.85. The fraction of sp³-hybridized carbons (Fsp3) is 0. The number of primary amides is 1. The minimum atomic E-state index is -0.499. The number of nitrogens with two attached hydrogens (primary N) is 1. The van der Waals surface area contributed by atoms with Gasteiger partial charge in [0.1, 0.15) is 11.5 Å². The highest BCUT2D eigenvalue weighted by Crippen LogP contribution is 2.31. The molecule has 0 aliphatic carbocycles. The first-order chi connectivity index (χ1) is 9.20. The molecule has 19 heavy (non-hydrogen) atoms. The number of benzene rings is 2. The van der Waals surface area contributed by atoms with Crippen LogP contribution in [0.4, 0.5) is 5.69 Å². The maximum Gasteiger partial charge on any atom is 0.248 e. The van der Waals surface area contributed by atoms with E-state index in [1.165, 1.54) is 0 Å². The summed E-state index contributed by atoms with van der Waals surface area (Å²) >= 11 is 0. The van der Waals surface area contributed by atoms with E-state index in [0.29, 0.717) is 22.7 Å². The van der Waals surface area contributed by atoms with Crippen LogP contribution in [0.25, 0.3) is 10.4 Å². The van der Waals surface area contributed by atoms with E-state index in [4.69, 9.17) is 16.0 Å². The summed E-state index contributed by atoms with van der Waals surface area (Å²) in [4.78, 5) is 13.7. The lowest BCUT2D eigenvalue weighted by Crippen LogP contribution is -2.10. The molecule has 94 valence electrons. The molecule has 0 saturated heterocycles. The van der Waals surface area contributed by atoms with E-state index >= 15 is 0 Å². The Kier molecular flexibility index (Phi) is 3.66. The number of rotatable bonds is 4. The molecule has 0 bridgehead atoms. The van der Waals surface area contributed by atoms with Crippen LogP contribution >= 0.6 is 0 Å². The Morgan fingerprint density at radius 2 is 1.84 bits per heavy atom. The third-order valence-electron chi connectivity index (χ3n) is 2.38. The van der Waals surface area contributed by atoms with E-state index in [-0.39, 0.29) is 0 Å².